The van der Waals surface area contributed by atoms with Gasteiger partial charge in [0.05, 0.1) is 17.5 Å². The topological polar surface area (TPSA) is 91.4 Å². The maximum Gasteiger partial charge on any atom is 0.272 e. The predicted molar refractivity (Wildman–Crippen MR) is 94.7 cm³/mol. The van der Waals surface area contributed by atoms with E-state index < -0.39 is 11.1 Å². The van der Waals surface area contributed by atoms with Gasteiger partial charge in [0, 0.05) is 11.6 Å². The van der Waals surface area contributed by atoms with Crippen LogP contribution in [0.15, 0.2) is 52.9 Å². The Labute approximate surface area is 155 Å². The lowest BCUT2D eigenvalue weighted by Gasteiger charge is -2.28. The largest absolute Gasteiger partial charge is 0.299 e. The third-order valence-corrected chi connectivity index (χ3v) is 4.49. The first-order chi connectivity index (χ1) is 12.9. The molecule has 0 radical (unpaired) electrons. The summed E-state index contributed by atoms with van der Waals surface area (Å²) in [7, 11) is 0. The van der Waals surface area contributed by atoms with Crippen molar-refractivity contribution in [3.63, 3.8) is 0 Å². The number of nitro groups is 1. The number of nitrogens with zero attached hydrogens (tertiary/aromatic N) is 5. The number of nitro benzene ring substituents is 1. The summed E-state index contributed by atoms with van der Waals surface area (Å²) in [4.78, 5) is 22.2. The number of rotatable bonds is 6. The first kappa shape index (κ1) is 18.4. The second kappa shape index (κ2) is 7.48. The lowest BCUT2D eigenvalue weighted by Crippen LogP contribution is -2.40. The fraction of sp³-hybridized carbons (Fsp3) is 0.278. The Morgan fingerprint density at radius 1 is 1.30 bits per heavy atom. The van der Waals surface area contributed by atoms with Crippen molar-refractivity contribution in [3.8, 4) is 0 Å². The van der Waals surface area contributed by atoms with Crippen LogP contribution in [0.25, 0.3) is 0 Å². The first-order valence-corrected chi connectivity index (χ1v) is 8.32. The van der Waals surface area contributed by atoms with Gasteiger partial charge in [-0.1, -0.05) is 28.6 Å². The molecule has 0 amide bonds. The molecule has 0 N–H and O–H groups in total. The summed E-state index contributed by atoms with van der Waals surface area (Å²) in [6.07, 6.45) is -0.0348. The van der Waals surface area contributed by atoms with Crippen molar-refractivity contribution in [2.24, 2.45) is 10.4 Å². The van der Waals surface area contributed by atoms with Crippen LogP contribution >= 0.6 is 0 Å². The summed E-state index contributed by atoms with van der Waals surface area (Å²) in [6, 6.07) is 10.5. The maximum absolute atomic E-state index is 13.5. The molecule has 140 valence electrons. The van der Waals surface area contributed by atoms with E-state index in [1.807, 2.05) is 6.92 Å². The average molecular weight is 371 g/mol. The molecule has 0 spiro atoms. The van der Waals surface area contributed by atoms with E-state index in [0.29, 0.717) is 17.4 Å². The third-order valence-electron chi connectivity index (χ3n) is 4.49. The van der Waals surface area contributed by atoms with Gasteiger partial charge in [-0.25, -0.2) is 14.4 Å². The molecule has 1 heterocycles. The van der Waals surface area contributed by atoms with Crippen molar-refractivity contribution < 1.29 is 14.1 Å². The molecule has 0 saturated carbocycles. The second-order valence-electron chi connectivity index (χ2n) is 6.32. The van der Waals surface area contributed by atoms with E-state index in [2.05, 4.69) is 10.4 Å². The highest BCUT2D eigenvalue weighted by atomic mass is 19.1. The fourth-order valence-corrected chi connectivity index (χ4v) is 3.03. The van der Waals surface area contributed by atoms with Crippen molar-refractivity contribution in [3.05, 3.63) is 75.1 Å². The van der Waals surface area contributed by atoms with Gasteiger partial charge in [0.15, 0.2) is 12.5 Å². The quantitative estimate of drug-likeness (QED) is 0.438. The zero-order chi connectivity index (χ0) is 19.6. The molecular formula is C18H18FN5O3. The fourth-order valence-electron chi connectivity index (χ4n) is 3.03. The van der Waals surface area contributed by atoms with E-state index in [0.717, 1.165) is 5.56 Å². The lowest BCUT2D eigenvalue weighted by molar-refractivity contribution is -0.385. The highest BCUT2D eigenvalue weighted by Gasteiger charge is 2.33. The summed E-state index contributed by atoms with van der Waals surface area (Å²) in [5.41, 5.74) is 2.01. The molecule has 2 unspecified atom stereocenters. The van der Waals surface area contributed by atoms with E-state index in [4.69, 9.17) is 0 Å². The Balaban J connectivity index is 1.77. The van der Waals surface area contributed by atoms with Crippen LogP contribution in [-0.4, -0.2) is 27.4 Å². The van der Waals surface area contributed by atoms with E-state index in [9.17, 15) is 19.3 Å². The summed E-state index contributed by atoms with van der Waals surface area (Å²) in [5.74, 6) is -0.364. The smallest absolute Gasteiger partial charge is 0.272 e. The monoisotopic (exact) mass is 371 g/mol. The number of hydrogen-bond donors (Lipinski definition) is 0. The number of carbonyl (C=O) groups excluding carboxylic acids is 1. The van der Waals surface area contributed by atoms with Crippen molar-refractivity contribution >= 4 is 12.0 Å². The van der Waals surface area contributed by atoms with E-state index in [1.165, 1.54) is 28.2 Å². The second-order valence-corrected chi connectivity index (χ2v) is 6.32. The molecule has 0 bridgehead atoms. The number of aryl methyl sites for hydroxylation is 1. The normalized spacial score (nSPS) is 17.2. The minimum atomic E-state index is -0.751. The van der Waals surface area contributed by atoms with Gasteiger partial charge >= 0.3 is 0 Å². The van der Waals surface area contributed by atoms with Crippen LogP contribution in [0.4, 0.5) is 10.1 Å². The number of benzene rings is 2. The summed E-state index contributed by atoms with van der Waals surface area (Å²) in [5, 5.41) is 22.0. The van der Waals surface area contributed by atoms with Crippen LogP contribution in [0.3, 0.4) is 0 Å². The lowest BCUT2D eigenvalue weighted by atomic mass is 10.1. The van der Waals surface area contributed by atoms with Crippen LogP contribution in [0.2, 0.25) is 0 Å². The number of carbonyl (C=O) groups is 1. The number of hydrogen-bond acceptors (Lipinski definition) is 7. The first-order valence-electron chi connectivity index (χ1n) is 8.32. The Kier molecular flexibility index (Phi) is 5.11. The van der Waals surface area contributed by atoms with Crippen LogP contribution in [-0.2, 0) is 11.3 Å². The minimum Gasteiger partial charge on any atom is -0.299 e. The number of aldehydes is 1. The van der Waals surface area contributed by atoms with Gasteiger partial charge in [-0.2, -0.15) is 0 Å². The molecule has 9 heteroatoms. The van der Waals surface area contributed by atoms with Crippen LogP contribution < -0.4 is 0 Å². The Hall–Kier alpha value is -3.36. The van der Waals surface area contributed by atoms with Crippen molar-refractivity contribution in [2.75, 3.05) is 0 Å². The molecule has 1 aliphatic rings. The van der Waals surface area contributed by atoms with Crippen LogP contribution in [0, 0.1) is 22.9 Å². The van der Waals surface area contributed by atoms with Gasteiger partial charge in [-0.15, -0.1) is 0 Å². The SMILES string of the molecule is Cc1cc(CN2N=NN(C(C)c3cccc(F)c3)C2C=O)ccc1[N+](=O)[O-]. The van der Waals surface area contributed by atoms with Crippen LogP contribution in [0.1, 0.15) is 29.7 Å². The molecule has 1 aliphatic heterocycles. The molecule has 0 aliphatic carbocycles. The van der Waals surface area contributed by atoms with E-state index >= 15 is 0 Å². The third kappa shape index (κ3) is 3.76. The zero-order valence-corrected chi connectivity index (χ0v) is 14.8. The molecule has 8 nitrogen and oxygen atoms in total. The Bertz CT molecular complexity index is 904. The molecule has 2 aromatic rings. The standard InChI is InChI=1S/C18H18FN5O3/c1-12-8-14(6-7-17(12)24(26)27)10-22-18(11-25)23(21-20-22)13(2)15-4-3-5-16(19)9-15/h3-9,11,13,18H,10H2,1-2H3. The number of halogens is 1. The molecule has 2 atom stereocenters. The predicted octanol–water partition coefficient (Wildman–Crippen LogP) is 3.73. The molecule has 0 aromatic heterocycles. The minimum absolute atomic E-state index is 0.0371. The van der Waals surface area contributed by atoms with E-state index in [-0.39, 0.29) is 24.1 Å². The highest BCUT2D eigenvalue weighted by Crippen LogP contribution is 2.30. The van der Waals surface area contributed by atoms with Gasteiger partial charge < -0.3 is 0 Å². The Morgan fingerprint density at radius 2 is 2.07 bits per heavy atom. The van der Waals surface area contributed by atoms with Gasteiger partial charge in [0.1, 0.15) is 5.82 Å². The molecule has 0 fully saturated rings. The van der Waals surface area contributed by atoms with Gasteiger partial charge in [-0.3, -0.25) is 14.9 Å². The summed E-state index contributed by atoms with van der Waals surface area (Å²) < 4.78 is 13.5. The summed E-state index contributed by atoms with van der Waals surface area (Å²) in [6.45, 7) is 3.73. The van der Waals surface area contributed by atoms with Crippen molar-refractivity contribution in [1.82, 2.24) is 10.0 Å². The molecular weight excluding hydrogens is 353 g/mol. The highest BCUT2D eigenvalue weighted by molar-refractivity contribution is 5.57. The van der Waals surface area contributed by atoms with Gasteiger partial charge in [0.2, 0.25) is 0 Å². The van der Waals surface area contributed by atoms with E-state index in [1.54, 1.807) is 31.2 Å². The summed E-state index contributed by atoms with van der Waals surface area (Å²) >= 11 is 0. The van der Waals surface area contributed by atoms with Crippen LogP contribution in [0.5, 0.6) is 0 Å². The zero-order valence-electron chi connectivity index (χ0n) is 14.8. The van der Waals surface area contributed by atoms with Crippen molar-refractivity contribution in [2.45, 2.75) is 32.6 Å². The molecule has 2 aromatic carbocycles. The molecule has 27 heavy (non-hydrogen) atoms. The van der Waals surface area contributed by atoms with Crippen molar-refractivity contribution in [1.29, 1.82) is 0 Å². The molecule has 0 saturated heterocycles. The average Bonchev–Trinajstić information content (AvgIpc) is 3.03. The van der Waals surface area contributed by atoms with Gasteiger partial charge in [0.25, 0.3) is 5.69 Å². The Morgan fingerprint density at radius 3 is 2.70 bits per heavy atom. The van der Waals surface area contributed by atoms with Gasteiger partial charge in [-0.05, 0) is 43.2 Å². The maximum atomic E-state index is 13.5. The molecule has 3 rings (SSSR count).